The highest BCUT2D eigenvalue weighted by Gasteiger charge is 2.27. The Kier molecular flexibility index (Phi) is 6.45. The van der Waals surface area contributed by atoms with Gasteiger partial charge < -0.3 is 18.5 Å². The number of quaternary nitrogens is 1. The zero-order valence-electron chi connectivity index (χ0n) is 19.3. The van der Waals surface area contributed by atoms with Gasteiger partial charge in [-0.2, -0.15) is 13.4 Å². The number of nitro benzene ring substituents is 1. The van der Waals surface area contributed by atoms with Crippen molar-refractivity contribution in [3.8, 4) is 40.1 Å². The molecule has 0 unspecified atom stereocenters. The van der Waals surface area contributed by atoms with Crippen LogP contribution in [0.1, 0.15) is 0 Å². The number of hydrogen-bond acceptors (Lipinski definition) is 10. The van der Waals surface area contributed by atoms with Crippen LogP contribution >= 0.6 is 0 Å². The van der Waals surface area contributed by atoms with Gasteiger partial charge in [0.2, 0.25) is 5.82 Å². The van der Waals surface area contributed by atoms with E-state index in [2.05, 4.69) is 10.1 Å². The van der Waals surface area contributed by atoms with Crippen molar-refractivity contribution in [3.63, 3.8) is 0 Å². The summed E-state index contributed by atoms with van der Waals surface area (Å²) in [6.45, 7) is 0. The number of aromatic nitrogens is 2. The Morgan fingerprint density at radius 2 is 1.61 bits per heavy atom. The van der Waals surface area contributed by atoms with Gasteiger partial charge in [-0.3, -0.25) is 10.1 Å². The maximum absolute atomic E-state index is 11.5. The quantitative estimate of drug-likeness (QED) is 0.145. The van der Waals surface area contributed by atoms with Crippen LogP contribution in [0.5, 0.6) is 17.2 Å². The first-order valence-electron chi connectivity index (χ1n) is 10.3. The molecule has 0 bridgehead atoms. The third kappa shape index (κ3) is 4.88. The average Bonchev–Trinajstić information content (AvgIpc) is 3.34. The van der Waals surface area contributed by atoms with Gasteiger partial charge in [0.15, 0.2) is 0 Å². The Morgan fingerprint density at radius 1 is 0.972 bits per heavy atom. The van der Waals surface area contributed by atoms with Gasteiger partial charge in [-0.15, -0.1) is 0 Å². The number of ether oxygens (including phenoxy) is 2. The SMILES string of the molecule is COc1ccc(Oc2ccc([N+](=O)[O-])cc2-c2nc(-c3ccc([N+](C)(C)S(=O)(=O)[O-])cc3)no2)cc1. The van der Waals surface area contributed by atoms with Crippen molar-refractivity contribution in [2.75, 3.05) is 21.2 Å². The zero-order chi connectivity index (χ0) is 26.1. The van der Waals surface area contributed by atoms with Crippen LogP contribution in [0.15, 0.2) is 71.3 Å². The Morgan fingerprint density at radius 3 is 2.19 bits per heavy atom. The number of rotatable bonds is 8. The molecule has 0 amide bonds. The van der Waals surface area contributed by atoms with Gasteiger partial charge in [0.25, 0.3) is 21.9 Å². The van der Waals surface area contributed by atoms with Crippen LogP contribution in [0, 0.1) is 10.1 Å². The summed E-state index contributed by atoms with van der Waals surface area (Å²) in [5.74, 6) is 1.45. The van der Waals surface area contributed by atoms with Gasteiger partial charge in [-0.05, 0) is 42.5 Å². The number of benzene rings is 3. The van der Waals surface area contributed by atoms with E-state index in [9.17, 15) is 23.1 Å². The van der Waals surface area contributed by atoms with Crippen LogP contribution < -0.4 is 13.4 Å². The molecule has 0 radical (unpaired) electrons. The molecule has 13 heteroatoms. The summed E-state index contributed by atoms with van der Waals surface area (Å²) >= 11 is 0. The van der Waals surface area contributed by atoms with Crippen molar-refractivity contribution in [2.24, 2.45) is 0 Å². The molecule has 1 aromatic heterocycles. The Labute approximate surface area is 205 Å². The molecule has 0 aliphatic rings. The molecule has 0 N–H and O–H groups in total. The van der Waals surface area contributed by atoms with Crippen molar-refractivity contribution >= 4 is 21.7 Å². The predicted molar refractivity (Wildman–Crippen MR) is 128 cm³/mol. The molecule has 186 valence electrons. The van der Waals surface area contributed by atoms with Crippen LogP contribution in [0.25, 0.3) is 22.8 Å². The molecule has 0 spiro atoms. The lowest BCUT2D eigenvalue weighted by Gasteiger charge is -2.30. The lowest BCUT2D eigenvalue weighted by Crippen LogP contribution is -2.46. The van der Waals surface area contributed by atoms with Gasteiger partial charge >= 0.3 is 0 Å². The molecule has 1 heterocycles. The van der Waals surface area contributed by atoms with Crippen molar-refractivity contribution in [1.29, 1.82) is 0 Å². The van der Waals surface area contributed by atoms with Crippen molar-refractivity contribution in [1.82, 2.24) is 14.0 Å². The van der Waals surface area contributed by atoms with E-state index in [1.807, 2.05) is 0 Å². The fraction of sp³-hybridized carbons (Fsp3) is 0.130. The molecule has 0 aliphatic heterocycles. The summed E-state index contributed by atoms with van der Waals surface area (Å²) in [5, 5.41) is 15.3. The summed E-state index contributed by atoms with van der Waals surface area (Å²) < 4.78 is 50.2. The third-order valence-corrected chi connectivity index (χ3v) is 6.75. The van der Waals surface area contributed by atoms with E-state index in [1.54, 1.807) is 24.3 Å². The average molecular weight is 513 g/mol. The molecule has 3 aromatic carbocycles. The summed E-state index contributed by atoms with van der Waals surface area (Å²) in [7, 11) is -0.590. The summed E-state index contributed by atoms with van der Waals surface area (Å²) in [4.78, 5) is 15.1. The largest absolute Gasteiger partial charge is 0.701 e. The van der Waals surface area contributed by atoms with Gasteiger partial charge in [0.05, 0.1) is 31.7 Å². The fourth-order valence-corrected chi connectivity index (χ4v) is 3.59. The monoisotopic (exact) mass is 512 g/mol. The number of nitrogens with zero attached hydrogens (tertiary/aromatic N) is 4. The second-order valence-corrected chi connectivity index (χ2v) is 9.73. The standard InChI is InChI=1S/C23H20N4O8S/c1-27(2,36(30,31)32)17-7-4-15(5-8-17)22-24-23(35-25-22)20-14-16(26(28)29)6-13-21(20)34-19-11-9-18(33-3)10-12-19/h4-14H,1-3H3. The minimum Gasteiger partial charge on any atom is -0.701 e. The summed E-state index contributed by atoms with van der Waals surface area (Å²) in [6, 6.07) is 16.7. The molecular weight excluding hydrogens is 492 g/mol. The van der Waals surface area contributed by atoms with Crippen LogP contribution in [-0.2, 0) is 10.3 Å². The van der Waals surface area contributed by atoms with Gasteiger partial charge in [0.1, 0.15) is 22.9 Å². The first-order chi connectivity index (χ1) is 17.0. The molecule has 0 saturated carbocycles. The number of hydrogen-bond donors (Lipinski definition) is 0. The minimum absolute atomic E-state index is 0.0282. The van der Waals surface area contributed by atoms with Crippen LogP contribution in [-0.4, -0.2) is 49.2 Å². The highest BCUT2D eigenvalue weighted by molar-refractivity contribution is 7.85. The zero-order valence-corrected chi connectivity index (χ0v) is 20.1. The van der Waals surface area contributed by atoms with E-state index >= 15 is 0 Å². The van der Waals surface area contributed by atoms with Gasteiger partial charge in [0, 0.05) is 29.8 Å². The van der Waals surface area contributed by atoms with E-state index < -0.39 is 19.1 Å². The number of methoxy groups -OCH3 is 1. The number of nitro groups is 1. The third-order valence-electron chi connectivity index (χ3n) is 5.42. The predicted octanol–water partition coefficient (Wildman–Crippen LogP) is 4.14. The first-order valence-corrected chi connectivity index (χ1v) is 11.7. The van der Waals surface area contributed by atoms with E-state index in [0.29, 0.717) is 17.1 Å². The van der Waals surface area contributed by atoms with E-state index in [4.69, 9.17) is 14.0 Å². The molecule has 0 atom stereocenters. The molecular formula is C23H20N4O8S. The lowest BCUT2D eigenvalue weighted by atomic mass is 10.1. The second kappa shape index (κ2) is 9.37. The van der Waals surface area contributed by atoms with Crippen molar-refractivity contribution in [3.05, 3.63) is 76.8 Å². The van der Waals surface area contributed by atoms with Crippen molar-refractivity contribution in [2.45, 2.75) is 0 Å². The Balaban J connectivity index is 1.68. The maximum Gasteiger partial charge on any atom is 0.270 e. The first kappa shape index (κ1) is 24.8. The van der Waals surface area contributed by atoms with Crippen molar-refractivity contribution < 1.29 is 31.9 Å². The molecule has 0 aliphatic carbocycles. The Hall–Kier alpha value is -4.33. The molecule has 4 rings (SSSR count). The highest BCUT2D eigenvalue weighted by atomic mass is 32.2. The van der Waals surface area contributed by atoms with Crippen LogP contribution in [0.4, 0.5) is 11.4 Å². The van der Waals surface area contributed by atoms with E-state index in [1.165, 1.54) is 63.7 Å². The van der Waals surface area contributed by atoms with E-state index in [-0.39, 0.29) is 34.4 Å². The second-order valence-electron chi connectivity index (χ2n) is 7.96. The normalized spacial score (nSPS) is 11.8. The smallest absolute Gasteiger partial charge is 0.270 e. The Bertz CT molecular complexity index is 1510. The lowest BCUT2D eigenvalue weighted by molar-refractivity contribution is -0.384. The molecule has 36 heavy (non-hydrogen) atoms. The maximum atomic E-state index is 11.5. The molecule has 12 nitrogen and oxygen atoms in total. The molecule has 0 fully saturated rings. The fourth-order valence-electron chi connectivity index (χ4n) is 3.21. The van der Waals surface area contributed by atoms with Gasteiger partial charge in [-0.1, -0.05) is 5.16 Å². The highest BCUT2D eigenvalue weighted by Crippen LogP contribution is 2.37. The molecule has 0 saturated heterocycles. The summed E-state index contributed by atoms with van der Waals surface area (Å²) in [6.07, 6.45) is 0. The minimum atomic E-state index is -4.65. The number of non-ortho nitro benzene ring substituents is 1. The van der Waals surface area contributed by atoms with Crippen LogP contribution in [0.2, 0.25) is 0 Å². The summed E-state index contributed by atoms with van der Waals surface area (Å²) in [5.41, 5.74) is 0.715. The van der Waals surface area contributed by atoms with E-state index in [0.717, 1.165) is 0 Å². The topological polar surface area (TPSA) is 158 Å². The molecule has 4 aromatic rings. The van der Waals surface area contributed by atoms with Crippen LogP contribution in [0.3, 0.4) is 0 Å². The van der Waals surface area contributed by atoms with Gasteiger partial charge in [-0.25, -0.2) is 3.89 Å².